The van der Waals surface area contributed by atoms with Crippen molar-refractivity contribution in [3.63, 3.8) is 0 Å². The van der Waals surface area contributed by atoms with Gasteiger partial charge >= 0.3 is 6.03 Å². The fourth-order valence-corrected chi connectivity index (χ4v) is 4.03. The second kappa shape index (κ2) is 8.61. The minimum atomic E-state index is -0.217. The van der Waals surface area contributed by atoms with Crippen molar-refractivity contribution >= 4 is 6.03 Å². The lowest BCUT2D eigenvalue weighted by atomic mass is 10.0. The summed E-state index contributed by atoms with van der Waals surface area (Å²) in [5, 5.41) is 3.04. The zero-order valence-electron chi connectivity index (χ0n) is 15.9. The topological polar surface area (TPSA) is 44.8 Å². The summed E-state index contributed by atoms with van der Waals surface area (Å²) in [7, 11) is 0. The molecule has 28 heavy (non-hydrogen) atoms. The van der Waals surface area contributed by atoms with E-state index in [0.29, 0.717) is 31.8 Å². The molecule has 0 saturated carbocycles. The van der Waals surface area contributed by atoms with Crippen molar-refractivity contribution in [2.24, 2.45) is 0 Å². The van der Waals surface area contributed by atoms with Crippen LogP contribution in [0.1, 0.15) is 30.0 Å². The molecule has 0 bridgehead atoms. The summed E-state index contributed by atoms with van der Waals surface area (Å²) < 4.78 is 20.2. The molecular formula is C22H26FN3O2. The maximum atomic E-state index is 14.4. The maximum absolute atomic E-state index is 14.4. The lowest BCUT2D eigenvalue weighted by Crippen LogP contribution is -2.44. The third kappa shape index (κ3) is 4.12. The number of hydrogen-bond acceptors (Lipinski definition) is 3. The van der Waals surface area contributed by atoms with Gasteiger partial charge < -0.3 is 15.0 Å². The molecule has 2 aliphatic rings. The molecule has 1 atom stereocenters. The lowest BCUT2D eigenvalue weighted by Gasteiger charge is -2.29. The van der Waals surface area contributed by atoms with Crippen LogP contribution in [-0.2, 0) is 6.54 Å². The predicted octanol–water partition coefficient (Wildman–Crippen LogP) is 3.57. The Kier molecular flexibility index (Phi) is 5.76. The van der Waals surface area contributed by atoms with Crippen LogP contribution >= 0.6 is 0 Å². The maximum Gasteiger partial charge on any atom is 0.317 e. The van der Waals surface area contributed by atoms with Gasteiger partial charge in [-0.05, 0) is 38.1 Å². The SMILES string of the molecule is O=C(NCC(c1ccccc1F)N1CCCC1)N1CCOc2ccccc2C1. The molecule has 1 saturated heterocycles. The fraction of sp³-hybridized carbons (Fsp3) is 0.409. The molecule has 2 aromatic carbocycles. The number of nitrogens with zero attached hydrogens (tertiary/aromatic N) is 2. The van der Waals surface area contributed by atoms with Gasteiger partial charge in [-0.2, -0.15) is 0 Å². The number of halogens is 1. The number of amides is 2. The third-order valence-electron chi connectivity index (χ3n) is 5.53. The van der Waals surface area contributed by atoms with Gasteiger partial charge in [0.2, 0.25) is 0 Å². The number of urea groups is 1. The van der Waals surface area contributed by atoms with Crippen molar-refractivity contribution in [3.8, 4) is 5.75 Å². The average molecular weight is 383 g/mol. The number of likely N-dealkylation sites (tertiary alicyclic amines) is 1. The second-order valence-electron chi connectivity index (χ2n) is 7.34. The number of nitrogens with one attached hydrogen (secondary N) is 1. The second-order valence-corrected chi connectivity index (χ2v) is 7.34. The number of fused-ring (bicyclic) bond motifs is 1. The van der Waals surface area contributed by atoms with E-state index in [1.54, 1.807) is 11.0 Å². The number of carbonyl (C=O) groups excluding carboxylic acids is 1. The Bertz CT molecular complexity index is 823. The Morgan fingerprint density at radius 2 is 1.82 bits per heavy atom. The van der Waals surface area contributed by atoms with Crippen LogP contribution in [0.2, 0.25) is 0 Å². The van der Waals surface area contributed by atoms with Crippen molar-refractivity contribution in [1.29, 1.82) is 0 Å². The zero-order chi connectivity index (χ0) is 19.3. The quantitative estimate of drug-likeness (QED) is 0.878. The van der Waals surface area contributed by atoms with Crippen molar-refractivity contribution in [2.75, 3.05) is 32.8 Å². The fourth-order valence-electron chi connectivity index (χ4n) is 4.03. The van der Waals surface area contributed by atoms with Gasteiger partial charge in [0, 0.05) is 17.7 Å². The molecule has 0 aromatic heterocycles. The summed E-state index contributed by atoms with van der Waals surface area (Å²) in [4.78, 5) is 16.9. The van der Waals surface area contributed by atoms with Crippen LogP contribution in [0, 0.1) is 5.82 Å². The first-order valence-corrected chi connectivity index (χ1v) is 9.94. The highest BCUT2D eigenvalue weighted by molar-refractivity contribution is 5.74. The highest BCUT2D eigenvalue weighted by Gasteiger charge is 2.27. The van der Waals surface area contributed by atoms with Gasteiger partial charge in [-0.1, -0.05) is 36.4 Å². The zero-order valence-corrected chi connectivity index (χ0v) is 15.9. The van der Waals surface area contributed by atoms with E-state index < -0.39 is 0 Å². The van der Waals surface area contributed by atoms with E-state index in [0.717, 1.165) is 37.2 Å². The summed E-state index contributed by atoms with van der Waals surface area (Å²) in [6.45, 7) is 3.75. The Morgan fingerprint density at radius 3 is 2.64 bits per heavy atom. The summed E-state index contributed by atoms with van der Waals surface area (Å²) >= 11 is 0. The molecule has 6 heteroatoms. The molecular weight excluding hydrogens is 357 g/mol. The molecule has 2 aromatic rings. The molecule has 2 amide bonds. The average Bonchev–Trinajstić information content (AvgIpc) is 3.15. The smallest absolute Gasteiger partial charge is 0.317 e. The number of hydrogen-bond donors (Lipinski definition) is 1. The summed E-state index contributed by atoms with van der Waals surface area (Å²) in [6, 6.07) is 14.4. The monoisotopic (exact) mass is 383 g/mol. The van der Waals surface area contributed by atoms with Gasteiger partial charge in [0.05, 0.1) is 19.1 Å². The molecule has 0 spiro atoms. The van der Waals surface area contributed by atoms with Gasteiger partial charge in [-0.3, -0.25) is 4.90 Å². The first-order chi connectivity index (χ1) is 13.7. The van der Waals surface area contributed by atoms with E-state index >= 15 is 0 Å². The molecule has 2 heterocycles. The van der Waals surface area contributed by atoms with Gasteiger partial charge in [0.25, 0.3) is 0 Å². The normalized spacial score (nSPS) is 18.1. The van der Waals surface area contributed by atoms with Gasteiger partial charge in [0.15, 0.2) is 0 Å². The van der Waals surface area contributed by atoms with Crippen molar-refractivity contribution < 1.29 is 13.9 Å². The van der Waals surface area contributed by atoms with Crippen LogP contribution in [0.3, 0.4) is 0 Å². The molecule has 2 aliphatic heterocycles. The molecule has 4 rings (SSSR count). The van der Waals surface area contributed by atoms with Crippen LogP contribution in [0.5, 0.6) is 5.75 Å². The Labute approximate surface area is 165 Å². The van der Waals surface area contributed by atoms with E-state index in [1.807, 2.05) is 36.4 Å². The van der Waals surface area contributed by atoms with Crippen LogP contribution in [0.25, 0.3) is 0 Å². The van der Waals surface area contributed by atoms with Gasteiger partial charge in [-0.15, -0.1) is 0 Å². The van der Waals surface area contributed by atoms with Crippen molar-refractivity contribution in [2.45, 2.75) is 25.4 Å². The molecule has 5 nitrogen and oxygen atoms in total. The molecule has 1 N–H and O–H groups in total. The highest BCUT2D eigenvalue weighted by atomic mass is 19.1. The van der Waals surface area contributed by atoms with Crippen LogP contribution < -0.4 is 10.1 Å². The first kappa shape index (κ1) is 18.7. The molecule has 0 aliphatic carbocycles. The van der Waals surface area contributed by atoms with E-state index in [9.17, 15) is 9.18 Å². The lowest BCUT2D eigenvalue weighted by molar-refractivity contribution is 0.179. The minimum Gasteiger partial charge on any atom is -0.491 e. The van der Waals surface area contributed by atoms with E-state index in [4.69, 9.17) is 4.74 Å². The standard InChI is InChI=1S/C22H26FN3O2/c23-19-9-3-2-8-18(19)20(25-11-5-6-12-25)15-24-22(27)26-13-14-28-21-10-4-1-7-17(21)16-26/h1-4,7-10,20H,5-6,11-16H2,(H,24,27). The number of rotatable bonds is 4. The number of benzene rings is 2. The Morgan fingerprint density at radius 1 is 1.07 bits per heavy atom. The van der Waals surface area contributed by atoms with Crippen molar-refractivity contribution in [1.82, 2.24) is 15.1 Å². The van der Waals surface area contributed by atoms with Gasteiger partial charge in [-0.25, -0.2) is 9.18 Å². The predicted molar refractivity (Wildman–Crippen MR) is 106 cm³/mol. The largest absolute Gasteiger partial charge is 0.491 e. The molecule has 1 unspecified atom stereocenters. The number of ether oxygens (including phenoxy) is 1. The Balaban J connectivity index is 1.45. The highest BCUT2D eigenvalue weighted by Crippen LogP contribution is 2.27. The van der Waals surface area contributed by atoms with E-state index in [-0.39, 0.29) is 17.9 Å². The third-order valence-corrected chi connectivity index (χ3v) is 5.53. The first-order valence-electron chi connectivity index (χ1n) is 9.94. The molecule has 148 valence electrons. The summed E-state index contributed by atoms with van der Waals surface area (Å²) in [5.74, 6) is 0.616. The molecule has 1 fully saturated rings. The van der Waals surface area contributed by atoms with Crippen LogP contribution in [0.4, 0.5) is 9.18 Å². The van der Waals surface area contributed by atoms with Gasteiger partial charge in [0.1, 0.15) is 18.2 Å². The molecule has 0 radical (unpaired) electrons. The summed E-state index contributed by atoms with van der Waals surface area (Å²) in [6.07, 6.45) is 2.22. The Hall–Kier alpha value is -2.60. The van der Waals surface area contributed by atoms with Crippen LogP contribution in [0.15, 0.2) is 48.5 Å². The van der Waals surface area contributed by atoms with Crippen LogP contribution in [-0.4, -0.2) is 48.6 Å². The number of carbonyl (C=O) groups is 1. The van der Waals surface area contributed by atoms with E-state index in [1.165, 1.54) is 6.07 Å². The number of para-hydroxylation sites is 1. The summed E-state index contributed by atoms with van der Waals surface area (Å²) in [5.41, 5.74) is 1.65. The van der Waals surface area contributed by atoms with Crippen molar-refractivity contribution in [3.05, 3.63) is 65.5 Å². The minimum absolute atomic E-state index is 0.138. The van der Waals surface area contributed by atoms with E-state index in [2.05, 4.69) is 10.2 Å².